The number of hydrogen-bond acceptors (Lipinski definition) is 2. The highest BCUT2D eigenvalue weighted by molar-refractivity contribution is 6.30. The van der Waals surface area contributed by atoms with Crippen LogP contribution in [0.5, 0.6) is 0 Å². The van der Waals surface area contributed by atoms with Gasteiger partial charge in [-0.2, -0.15) is 0 Å². The topological polar surface area (TPSA) is 49.3 Å². The molecule has 1 aromatic rings. The van der Waals surface area contributed by atoms with Crippen LogP contribution in [0.2, 0.25) is 5.02 Å². The van der Waals surface area contributed by atoms with Crippen LogP contribution in [0.1, 0.15) is 24.5 Å². The smallest absolute Gasteiger partial charge is 0.324 e. The summed E-state index contributed by atoms with van der Waals surface area (Å²) >= 11 is 5.93. The molecule has 0 bridgehead atoms. The van der Waals surface area contributed by atoms with E-state index < -0.39 is 11.5 Å². The minimum atomic E-state index is -0.844. The normalized spacial score (nSPS) is 22.5. The van der Waals surface area contributed by atoms with Crippen LogP contribution in [0.15, 0.2) is 18.2 Å². The maximum atomic E-state index is 11.5. The summed E-state index contributed by atoms with van der Waals surface area (Å²) in [6.07, 6.45) is 1.97. The SMILES string of the molecule is CCCNC1(C(=O)O)Cc2ccc(Cl)cc2C1. The first-order valence-corrected chi connectivity index (χ1v) is 6.21. The Morgan fingerprint density at radius 2 is 2.18 bits per heavy atom. The number of fused-ring (bicyclic) bond motifs is 1. The molecule has 4 heteroatoms. The summed E-state index contributed by atoms with van der Waals surface area (Å²) in [7, 11) is 0. The molecule has 0 saturated carbocycles. The number of nitrogens with one attached hydrogen (secondary N) is 1. The number of halogens is 1. The first kappa shape index (κ1) is 12.4. The van der Waals surface area contributed by atoms with Gasteiger partial charge < -0.3 is 10.4 Å². The number of carboxylic acid groups (broad SMARTS) is 1. The molecule has 0 saturated heterocycles. The Labute approximate surface area is 106 Å². The summed E-state index contributed by atoms with van der Waals surface area (Å²) in [5, 5.41) is 13.3. The molecule has 0 radical (unpaired) electrons. The predicted octanol–water partition coefficient (Wildman–Crippen LogP) is 2.26. The Morgan fingerprint density at radius 1 is 1.47 bits per heavy atom. The number of rotatable bonds is 4. The van der Waals surface area contributed by atoms with Crippen molar-refractivity contribution in [2.75, 3.05) is 6.54 Å². The molecule has 0 fully saturated rings. The van der Waals surface area contributed by atoms with Crippen molar-refractivity contribution in [3.8, 4) is 0 Å². The summed E-state index contributed by atoms with van der Waals surface area (Å²) in [5.74, 6) is -0.779. The van der Waals surface area contributed by atoms with Crippen molar-refractivity contribution in [2.45, 2.75) is 31.7 Å². The zero-order chi connectivity index (χ0) is 12.5. The molecular formula is C13H16ClNO2. The van der Waals surface area contributed by atoms with Gasteiger partial charge in [0.05, 0.1) is 0 Å². The lowest BCUT2D eigenvalue weighted by atomic mass is 9.96. The van der Waals surface area contributed by atoms with Crippen molar-refractivity contribution < 1.29 is 9.90 Å². The maximum absolute atomic E-state index is 11.5. The van der Waals surface area contributed by atoms with Gasteiger partial charge in [0, 0.05) is 17.9 Å². The van der Waals surface area contributed by atoms with Gasteiger partial charge in [0.15, 0.2) is 0 Å². The van der Waals surface area contributed by atoms with E-state index in [0.29, 0.717) is 24.4 Å². The highest BCUT2D eigenvalue weighted by Gasteiger charge is 2.43. The molecule has 0 spiro atoms. The van der Waals surface area contributed by atoms with Gasteiger partial charge >= 0.3 is 5.97 Å². The Kier molecular flexibility index (Phi) is 3.40. The van der Waals surface area contributed by atoms with Crippen LogP contribution in [0, 0.1) is 0 Å². The van der Waals surface area contributed by atoms with E-state index in [2.05, 4.69) is 5.32 Å². The largest absolute Gasteiger partial charge is 0.480 e. The first-order chi connectivity index (χ1) is 8.07. The molecule has 1 aromatic carbocycles. The third kappa shape index (κ3) is 2.31. The molecule has 2 N–H and O–H groups in total. The molecule has 17 heavy (non-hydrogen) atoms. The van der Waals surface area contributed by atoms with Gasteiger partial charge in [-0.05, 0) is 36.2 Å². The standard InChI is InChI=1S/C13H16ClNO2/c1-2-5-15-13(12(16)17)7-9-3-4-11(14)6-10(9)8-13/h3-4,6,15H,2,5,7-8H2,1H3,(H,16,17). The van der Waals surface area contributed by atoms with E-state index in [1.165, 1.54) is 0 Å². The van der Waals surface area contributed by atoms with Gasteiger partial charge in [0.2, 0.25) is 0 Å². The molecule has 0 aromatic heterocycles. The van der Waals surface area contributed by atoms with Gasteiger partial charge in [-0.1, -0.05) is 24.6 Å². The van der Waals surface area contributed by atoms with Crippen LogP contribution >= 0.6 is 11.6 Å². The minimum Gasteiger partial charge on any atom is -0.480 e. The van der Waals surface area contributed by atoms with E-state index in [1.807, 2.05) is 25.1 Å². The average molecular weight is 254 g/mol. The highest BCUT2D eigenvalue weighted by Crippen LogP contribution is 2.32. The van der Waals surface area contributed by atoms with Crippen molar-refractivity contribution in [3.63, 3.8) is 0 Å². The molecule has 1 atom stereocenters. The van der Waals surface area contributed by atoms with E-state index in [0.717, 1.165) is 17.5 Å². The molecule has 0 heterocycles. The Hall–Kier alpha value is -1.06. The third-order valence-corrected chi connectivity index (χ3v) is 3.51. The Morgan fingerprint density at radius 3 is 2.82 bits per heavy atom. The molecule has 0 aliphatic heterocycles. The van der Waals surface area contributed by atoms with Gasteiger partial charge in [-0.3, -0.25) is 4.79 Å². The lowest BCUT2D eigenvalue weighted by Crippen LogP contribution is -2.53. The van der Waals surface area contributed by atoms with Crippen LogP contribution < -0.4 is 5.32 Å². The van der Waals surface area contributed by atoms with Crippen LogP contribution in [0.3, 0.4) is 0 Å². The zero-order valence-electron chi connectivity index (χ0n) is 9.79. The molecule has 1 unspecified atom stereocenters. The minimum absolute atomic E-state index is 0.512. The second-order valence-electron chi connectivity index (χ2n) is 4.58. The molecule has 2 rings (SSSR count). The van der Waals surface area contributed by atoms with Crippen molar-refractivity contribution in [1.82, 2.24) is 5.32 Å². The van der Waals surface area contributed by atoms with Gasteiger partial charge in [0.25, 0.3) is 0 Å². The van der Waals surface area contributed by atoms with E-state index in [9.17, 15) is 9.90 Å². The highest BCUT2D eigenvalue weighted by atomic mass is 35.5. The predicted molar refractivity (Wildman–Crippen MR) is 67.5 cm³/mol. The monoisotopic (exact) mass is 253 g/mol. The van der Waals surface area contributed by atoms with Crippen LogP contribution in [-0.2, 0) is 17.6 Å². The van der Waals surface area contributed by atoms with Gasteiger partial charge in [-0.15, -0.1) is 0 Å². The second-order valence-corrected chi connectivity index (χ2v) is 5.02. The Balaban J connectivity index is 2.27. The average Bonchev–Trinajstić information content (AvgIpc) is 2.65. The molecule has 1 aliphatic carbocycles. The molecular weight excluding hydrogens is 238 g/mol. The van der Waals surface area contributed by atoms with E-state index in [4.69, 9.17) is 11.6 Å². The molecule has 0 amide bonds. The number of benzene rings is 1. The molecule has 1 aliphatic rings. The van der Waals surface area contributed by atoms with Crippen LogP contribution in [-0.4, -0.2) is 23.2 Å². The van der Waals surface area contributed by atoms with Crippen molar-refractivity contribution in [1.29, 1.82) is 0 Å². The summed E-state index contributed by atoms with van der Waals surface area (Å²) < 4.78 is 0. The Bertz CT molecular complexity index is 447. The van der Waals surface area contributed by atoms with E-state index in [1.54, 1.807) is 0 Å². The summed E-state index contributed by atoms with van der Waals surface area (Å²) in [6, 6.07) is 5.61. The third-order valence-electron chi connectivity index (χ3n) is 3.28. The lowest BCUT2D eigenvalue weighted by molar-refractivity contribution is -0.144. The van der Waals surface area contributed by atoms with Crippen LogP contribution in [0.4, 0.5) is 0 Å². The number of carbonyl (C=O) groups is 1. The number of carboxylic acids is 1. The van der Waals surface area contributed by atoms with Crippen LogP contribution in [0.25, 0.3) is 0 Å². The van der Waals surface area contributed by atoms with Gasteiger partial charge in [-0.25, -0.2) is 0 Å². The number of hydrogen-bond donors (Lipinski definition) is 2. The number of aliphatic carboxylic acids is 1. The lowest BCUT2D eigenvalue weighted by Gasteiger charge is -2.25. The second kappa shape index (κ2) is 4.67. The van der Waals surface area contributed by atoms with Crippen molar-refractivity contribution in [2.24, 2.45) is 0 Å². The quantitative estimate of drug-likeness (QED) is 0.866. The van der Waals surface area contributed by atoms with E-state index in [-0.39, 0.29) is 0 Å². The fraction of sp³-hybridized carbons (Fsp3) is 0.462. The molecule has 3 nitrogen and oxygen atoms in total. The van der Waals surface area contributed by atoms with E-state index >= 15 is 0 Å². The summed E-state index contributed by atoms with van der Waals surface area (Å²) in [6.45, 7) is 2.75. The van der Waals surface area contributed by atoms with Crippen molar-refractivity contribution >= 4 is 17.6 Å². The van der Waals surface area contributed by atoms with Crippen molar-refractivity contribution in [3.05, 3.63) is 34.3 Å². The van der Waals surface area contributed by atoms with Gasteiger partial charge in [0.1, 0.15) is 5.54 Å². The fourth-order valence-corrected chi connectivity index (χ4v) is 2.56. The maximum Gasteiger partial charge on any atom is 0.324 e. The first-order valence-electron chi connectivity index (χ1n) is 5.83. The summed E-state index contributed by atoms with van der Waals surface area (Å²) in [4.78, 5) is 11.5. The fourth-order valence-electron chi connectivity index (χ4n) is 2.36. The zero-order valence-corrected chi connectivity index (χ0v) is 10.5. The summed E-state index contributed by atoms with van der Waals surface area (Å²) in [5.41, 5.74) is 1.28. The molecule has 92 valence electrons.